The Morgan fingerprint density at radius 3 is 2.28 bits per heavy atom. The van der Waals surface area contributed by atoms with Gasteiger partial charge in [-0.1, -0.05) is 28.1 Å². The van der Waals surface area contributed by atoms with E-state index in [2.05, 4.69) is 33.0 Å². The maximum absolute atomic E-state index is 5.24. The molecule has 0 aliphatic rings. The van der Waals surface area contributed by atoms with E-state index in [1.54, 1.807) is 7.11 Å². The lowest BCUT2D eigenvalue weighted by molar-refractivity contribution is 0.415. The minimum Gasteiger partial charge on any atom is -0.497 e. The first-order valence-corrected chi connectivity index (χ1v) is 8.71. The summed E-state index contributed by atoms with van der Waals surface area (Å²) in [6.07, 6.45) is 1.83. The van der Waals surface area contributed by atoms with Gasteiger partial charge in [-0.3, -0.25) is 0 Å². The van der Waals surface area contributed by atoms with E-state index in [1.807, 2.05) is 60.1 Å². The van der Waals surface area contributed by atoms with Gasteiger partial charge in [-0.15, -0.1) is 0 Å². The van der Waals surface area contributed by atoms with Gasteiger partial charge in [0.15, 0.2) is 5.65 Å². The SMILES string of the molecule is COc1ccc(-c2ccnc3c(-c4ccc(Br)cc4)c(C)nn23)cc1. The first-order chi connectivity index (χ1) is 12.2. The molecule has 0 atom stereocenters. The number of rotatable bonds is 3. The topological polar surface area (TPSA) is 39.4 Å². The average Bonchev–Trinajstić information content (AvgIpc) is 2.98. The van der Waals surface area contributed by atoms with Crippen molar-refractivity contribution in [2.45, 2.75) is 6.92 Å². The van der Waals surface area contributed by atoms with E-state index in [1.165, 1.54) is 0 Å². The molecule has 4 nitrogen and oxygen atoms in total. The number of hydrogen-bond acceptors (Lipinski definition) is 3. The second-order valence-corrected chi connectivity index (χ2v) is 6.68. The third-order valence-corrected chi connectivity index (χ3v) is 4.74. The van der Waals surface area contributed by atoms with Crippen LogP contribution in [0.15, 0.2) is 65.3 Å². The number of ether oxygens (including phenoxy) is 1. The van der Waals surface area contributed by atoms with E-state index in [-0.39, 0.29) is 0 Å². The van der Waals surface area contributed by atoms with Gasteiger partial charge in [0.1, 0.15) is 5.75 Å². The number of halogens is 1. The molecule has 0 fully saturated rings. The Kier molecular flexibility index (Phi) is 4.01. The monoisotopic (exact) mass is 393 g/mol. The predicted molar refractivity (Wildman–Crippen MR) is 103 cm³/mol. The molecular weight excluding hydrogens is 378 g/mol. The quantitative estimate of drug-likeness (QED) is 0.483. The number of benzene rings is 2. The first-order valence-electron chi connectivity index (χ1n) is 7.92. The van der Waals surface area contributed by atoms with Gasteiger partial charge in [0.25, 0.3) is 0 Å². The van der Waals surface area contributed by atoms with Gasteiger partial charge in [0, 0.05) is 21.8 Å². The zero-order chi connectivity index (χ0) is 17.4. The van der Waals surface area contributed by atoms with E-state index < -0.39 is 0 Å². The summed E-state index contributed by atoms with van der Waals surface area (Å²) in [6, 6.07) is 18.2. The lowest BCUT2D eigenvalue weighted by Gasteiger charge is -2.06. The van der Waals surface area contributed by atoms with E-state index in [0.717, 1.165) is 43.9 Å². The van der Waals surface area contributed by atoms with Gasteiger partial charge >= 0.3 is 0 Å². The molecule has 0 aliphatic heterocycles. The van der Waals surface area contributed by atoms with Crippen LogP contribution in [0, 0.1) is 6.92 Å². The second-order valence-electron chi connectivity index (χ2n) is 5.76. The van der Waals surface area contributed by atoms with E-state index in [9.17, 15) is 0 Å². The third kappa shape index (κ3) is 2.81. The van der Waals surface area contributed by atoms with Crippen LogP contribution in [0.5, 0.6) is 5.75 Å². The Labute approximate surface area is 154 Å². The van der Waals surface area contributed by atoms with Gasteiger partial charge in [-0.2, -0.15) is 5.10 Å². The molecular formula is C20H16BrN3O. The number of aromatic nitrogens is 3. The van der Waals surface area contributed by atoms with Crippen molar-refractivity contribution in [3.05, 3.63) is 71.0 Å². The van der Waals surface area contributed by atoms with Crippen molar-refractivity contribution in [3.8, 4) is 28.1 Å². The van der Waals surface area contributed by atoms with Crippen molar-refractivity contribution >= 4 is 21.6 Å². The van der Waals surface area contributed by atoms with Crippen LogP contribution in [0.1, 0.15) is 5.69 Å². The number of methoxy groups -OCH3 is 1. The fourth-order valence-corrected chi connectivity index (χ4v) is 3.25. The molecule has 0 unspecified atom stereocenters. The highest BCUT2D eigenvalue weighted by Crippen LogP contribution is 2.31. The summed E-state index contributed by atoms with van der Waals surface area (Å²) in [4.78, 5) is 4.58. The predicted octanol–water partition coefficient (Wildman–Crippen LogP) is 5.14. The van der Waals surface area contributed by atoms with Gasteiger partial charge < -0.3 is 4.74 Å². The molecule has 0 radical (unpaired) electrons. The van der Waals surface area contributed by atoms with Gasteiger partial charge in [-0.25, -0.2) is 9.50 Å². The summed E-state index contributed by atoms with van der Waals surface area (Å²) in [5.74, 6) is 0.834. The summed E-state index contributed by atoms with van der Waals surface area (Å²) >= 11 is 3.48. The van der Waals surface area contributed by atoms with Crippen LogP contribution in [0.25, 0.3) is 28.0 Å². The molecule has 4 aromatic rings. The molecule has 2 aromatic carbocycles. The van der Waals surface area contributed by atoms with Gasteiger partial charge in [0.05, 0.1) is 18.5 Å². The Bertz CT molecular complexity index is 1040. The molecule has 0 N–H and O–H groups in total. The summed E-state index contributed by atoms with van der Waals surface area (Å²) in [7, 11) is 1.67. The smallest absolute Gasteiger partial charge is 0.163 e. The standard InChI is InChI=1S/C20H16BrN3O/c1-13-19(15-3-7-16(21)8-4-15)20-22-12-11-18(24(20)23-13)14-5-9-17(25-2)10-6-14/h3-12H,1-2H3. The molecule has 0 saturated carbocycles. The zero-order valence-electron chi connectivity index (χ0n) is 13.9. The molecule has 4 rings (SSSR count). The van der Waals surface area contributed by atoms with Crippen molar-refractivity contribution in [2.75, 3.05) is 7.11 Å². The number of nitrogens with zero attached hydrogens (tertiary/aromatic N) is 3. The van der Waals surface area contributed by atoms with Crippen LogP contribution in [0.3, 0.4) is 0 Å². The van der Waals surface area contributed by atoms with Crippen molar-refractivity contribution < 1.29 is 4.74 Å². The number of hydrogen-bond donors (Lipinski definition) is 0. The summed E-state index contributed by atoms with van der Waals surface area (Å²) in [5, 5.41) is 4.74. The summed E-state index contributed by atoms with van der Waals surface area (Å²) in [6.45, 7) is 2.02. The normalized spacial score (nSPS) is 11.0. The fourth-order valence-electron chi connectivity index (χ4n) is 2.99. The lowest BCUT2D eigenvalue weighted by atomic mass is 10.1. The molecule has 0 spiro atoms. The molecule has 0 saturated heterocycles. The molecule has 0 amide bonds. The molecule has 25 heavy (non-hydrogen) atoms. The largest absolute Gasteiger partial charge is 0.497 e. The van der Waals surface area contributed by atoms with Crippen LogP contribution < -0.4 is 4.74 Å². The highest BCUT2D eigenvalue weighted by atomic mass is 79.9. The van der Waals surface area contributed by atoms with E-state index >= 15 is 0 Å². The average molecular weight is 394 g/mol. The highest BCUT2D eigenvalue weighted by molar-refractivity contribution is 9.10. The molecule has 0 bridgehead atoms. The maximum atomic E-state index is 5.24. The van der Waals surface area contributed by atoms with Crippen LogP contribution in [-0.4, -0.2) is 21.7 Å². The van der Waals surface area contributed by atoms with Crippen molar-refractivity contribution in [2.24, 2.45) is 0 Å². The van der Waals surface area contributed by atoms with Crippen molar-refractivity contribution in [1.82, 2.24) is 14.6 Å². The van der Waals surface area contributed by atoms with E-state index in [0.29, 0.717) is 0 Å². The van der Waals surface area contributed by atoms with E-state index in [4.69, 9.17) is 9.84 Å². The Balaban J connectivity index is 1.91. The first kappa shape index (κ1) is 15.8. The van der Waals surface area contributed by atoms with Crippen molar-refractivity contribution in [1.29, 1.82) is 0 Å². The fraction of sp³-hybridized carbons (Fsp3) is 0.100. The Hall–Kier alpha value is -2.66. The molecule has 0 aliphatic carbocycles. The summed E-state index contributed by atoms with van der Waals surface area (Å²) < 4.78 is 8.21. The van der Waals surface area contributed by atoms with Crippen LogP contribution >= 0.6 is 15.9 Å². The molecule has 2 heterocycles. The van der Waals surface area contributed by atoms with Crippen LogP contribution in [0.4, 0.5) is 0 Å². The lowest BCUT2D eigenvalue weighted by Crippen LogP contribution is -1.96. The number of fused-ring (bicyclic) bond motifs is 1. The molecule has 2 aromatic heterocycles. The minimum absolute atomic E-state index is 0.834. The van der Waals surface area contributed by atoms with Crippen LogP contribution in [-0.2, 0) is 0 Å². The van der Waals surface area contributed by atoms with Gasteiger partial charge in [-0.05, 0) is 55.0 Å². The Morgan fingerprint density at radius 2 is 1.60 bits per heavy atom. The highest BCUT2D eigenvalue weighted by Gasteiger charge is 2.15. The van der Waals surface area contributed by atoms with Crippen molar-refractivity contribution in [3.63, 3.8) is 0 Å². The molecule has 5 heteroatoms. The van der Waals surface area contributed by atoms with Gasteiger partial charge in [0.2, 0.25) is 0 Å². The molecule has 124 valence electrons. The van der Waals surface area contributed by atoms with Crippen LogP contribution in [0.2, 0.25) is 0 Å². The minimum atomic E-state index is 0.834. The number of aryl methyl sites for hydroxylation is 1. The third-order valence-electron chi connectivity index (χ3n) is 4.21. The Morgan fingerprint density at radius 1 is 0.920 bits per heavy atom. The maximum Gasteiger partial charge on any atom is 0.163 e. The summed E-state index contributed by atoms with van der Waals surface area (Å²) in [5.41, 5.74) is 6.04. The second kappa shape index (κ2) is 6.33. The zero-order valence-corrected chi connectivity index (χ0v) is 15.5.